The minimum absolute atomic E-state index is 0.125. The third-order valence-corrected chi connectivity index (χ3v) is 1.33. The molecule has 108 valence electrons. The van der Waals surface area contributed by atoms with Gasteiger partial charge < -0.3 is 30.3 Å². The van der Waals surface area contributed by atoms with Gasteiger partial charge in [-0.15, -0.1) is 0 Å². The summed E-state index contributed by atoms with van der Waals surface area (Å²) in [6.45, 7) is 3.09. The Bertz CT molecular complexity index is 78.0. The zero-order chi connectivity index (χ0) is 13.8. The topological polar surface area (TPSA) is 110 Å². The van der Waals surface area contributed by atoms with E-state index in [4.69, 9.17) is 30.3 Å². The molecule has 0 bridgehead atoms. The van der Waals surface area contributed by atoms with E-state index in [-0.39, 0.29) is 33.0 Å². The molecule has 0 atom stereocenters. The summed E-state index contributed by atoms with van der Waals surface area (Å²) in [7, 11) is 0. The van der Waals surface area contributed by atoms with Crippen LogP contribution in [0.15, 0.2) is 0 Å². The molecule has 6 heteroatoms. The molecule has 0 radical (unpaired) electrons. The van der Waals surface area contributed by atoms with Crippen LogP contribution >= 0.6 is 0 Å². The molecule has 0 aromatic heterocycles. The highest BCUT2D eigenvalue weighted by atomic mass is 16.5. The standard InChI is InChI=1S/C7H16O2.2C2H6O2/c1-2-3-4-6-9-7-5-8;2*3-1-2-4/h8H,2-7H2,1H3;2*3-4H,1-2H2. The van der Waals surface area contributed by atoms with E-state index in [1.54, 1.807) is 0 Å². The monoisotopic (exact) mass is 256 g/mol. The molecular formula is C11H28O6. The fourth-order valence-electron chi connectivity index (χ4n) is 0.621. The average molecular weight is 256 g/mol. The molecule has 0 spiro atoms. The van der Waals surface area contributed by atoms with Gasteiger partial charge in [-0.05, 0) is 6.42 Å². The highest BCUT2D eigenvalue weighted by Gasteiger charge is 1.85. The van der Waals surface area contributed by atoms with Crippen molar-refractivity contribution in [3.63, 3.8) is 0 Å². The number of hydrogen-bond acceptors (Lipinski definition) is 6. The Labute approximate surface area is 103 Å². The van der Waals surface area contributed by atoms with Gasteiger partial charge in [0.1, 0.15) is 0 Å². The summed E-state index contributed by atoms with van der Waals surface area (Å²) in [5, 5.41) is 38.8. The lowest BCUT2D eigenvalue weighted by Crippen LogP contribution is -2.00. The number of hydrogen-bond donors (Lipinski definition) is 5. The van der Waals surface area contributed by atoms with Gasteiger partial charge in [-0.2, -0.15) is 0 Å². The first-order chi connectivity index (χ1) is 8.24. The molecule has 0 unspecified atom stereocenters. The molecule has 0 saturated heterocycles. The van der Waals surface area contributed by atoms with Gasteiger partial charge in [0.15, 0.2) is 0 Å². The van der Waals surface area contributed by atoms with E-state index in [0.29, 0.717) is 6.61 Å². The first-order valence-corrected chi connectivity index (χ1v) is 5.87. The first kappa shape index (κ1) is 22.0. The van der Waals surface area contributed by atoms with Crippen molar-refractivity contribution in [1.82, 2.24) is 0 Å². The lowest BCUT2D eigenvalue weighted by molar-refractivity contribution is 0.0898. The smallest absolute Gasteiger partial charge is 0.0697 e. The second-order valence-electron chi connectivity index (χ2n) is 2.94. The summed E-state index contributed by atoms with van der Waals surface area (Å²) in [6.07, 6.45) is 3.57. The number of aliphatic hydroxyl groups is 5. The third-order valence-electron chi connectivity index (χ3n) is 1.33. The molecule has 0 rings (SSSR count). The molecular weight excluding hydrogens is 228 g/mol. The van der Waals surface area contributed by atoms with Crippen LogP contribution in [0, 0.1) is 0 Å². The molecule has 0 saturated carbocycles. The lowest BCUT2D eigenvalue weighted by atomic mass is 10.3. The van der Waals surface area contributed by atoms with E-state index < -0.39 is 0 Å². The van der Waals surface area contributed by atoms with Gasteiger partial charge in [0, 0.05) is 6.61 Å². The molecule has 0 aromatic rings. The van der Waals surface area contributed by atoms with Crippen LogP contribution in [0.25, 0.3) is 0 Å². The summed E-state index contributed by atoms with van der Waals surface area (Å²) in [4.78, 5) is 0. The van der Waals surface area contributed by atoms with Crippen LogP contribution in [0.2, 0.25) is 0 Å². The van der Waals surface area contributed by atoms with Crippen LogP contribution in [-0.4, -0.2) is 71.8 Å². The Morgan fingerprint density at radius 3 is 1.41 bits per heavy atom. The van der Waals surface area contributed by atoms with E-state index in [0.717, 1.165) is 13.0 Å². The quantitative estimate of drug-likeness (QED) is 0.361. The number of aliphatic hydroxyl groups excluding tert-OH is 5. The maximum absolute atomic E-state index is 8.30. The normalized spacial score (nSPS) is 8.82. The predicted molar refractivity (Wildman–Crippen MR) is 65.8 cm³/mol. The highest BCUT2D eigenvalue weighted by Crippen LogP contribution is 1.93. The van der Waals surface area contributed by atoms with E-state index in [1.165, 1.54) is 12.8 Å². The van der Waals surface area contributed by atoms with Crippen molar-refractivity contribution in [2.45, 2.75) is 26.2 Å². The van der Waals surface area contributed by atoms with Crippen molar-refractivity contribution in [3.05, 3.63) is 0 Å². The number of rotatable bonds is 8. The van der Waals surface area contributed by atoms with Crippen molar-refractivity contribution in [2.75, 3.05) is 46.2 Å². The van der Waals surface area contributed by atoms with Gasteiger partial charge in [-0.3, -0.25) is 0 Å². The SMILES string of the molecule is CCCCCOCCO.OCCO.OCCO. The van der Waals surface area contributed by atoms with Crippen molar-refractivity contribution in [3.8, 4) is 0 Å². The molecule has 5 N–H and O–H groups in total. The minimum Gasteiger partial charge on any atom is -0.394 e. The van der Waals surface area contributed by atoms with Gasteiger partial charge in [0.2, 0.25) is 0 Å². The van der Waals surface area contributed by atoms with Crippen LogP contribution in [0.3, 0.4) is 0 Å². The van der Waals surface area contributed by atoms with Gasteiger partial charge in [0.05, 0.1) is 39.6 Å². The Morgan fingerprint density at radius 2 is 1.12 bits per heavy atom. The summed E-state index contributed by atoms with van der Waals surface area (Å²) in [5.41, 5.74) is 0. The Kier molecular flexibility index (Phi) is 38.4. The Morgan fingerprint density at radius 1 is 0.647 bits per heavy atom. The molecule has 17 heavy (non-hydrogen) atoms. The fourth-order valence-corrected chi connectivity index (χ4v) is 0.621. The zero-order valence-electron chi connectivity index (χ0n) is 10.7. The third kappa shape index (κ3) is 49.6. The minimum atomic E-state index is -0.125. The van der Waals surface area contributed by atoms with E-state index >= 15 is 0 Å². The average Bonchev–Trinajstić information content (AvgIpc) is 2.39. The van der Waals surface area contributed by atoms with Crippen LogP contribution in [0.1, 0.15) is 26.2 Å². The van der Waals surface area contributed by atoms with Gasteiger partial charge in [0.25, 0.3) is 0 Å². The number of ether oxygens (including phenoxy) is 1. The molecule has 0 aliphatic heterocycles. The maximum atomic E-state index is 8.30. The van der Waals surface area contributed by atoms with Crippen molar-refractivity contribution in [2.24, 2.45) is 0 Å². The molecule has 0 aliphatic carbocycles. The van der Waals surface area contributed by atoms with Gasteiger partial charge in [-0.1, -0.05) is 19.8 Å². The van der Waals surface area contributed by atoms with Crippen LogP contribution < -0.4 is 0 Å². The summed E-state index contributed by atoms with van der Waals surface area (Å²) >= 11 is 0. The van der Waals surface area contributed by atoms with Crippen molar-refractivity contribution < 1.29 is 30.3 Å². The second-order valence-corrected chi connectivity index (χ2v) is 2.94. The number of unbranched alkanes of at least 4 members (excludes halogenated alkanes) is 2. The Balaban J connectivity index is -0.000000205. The molecule has 0 heterocycles. The highest BCUT2D eigenvalue weighted by molar-refractivity contribution is 4.35. The summed E-state index contributed by atoms with van der Waals surface area (Å²) in [5.74, 6) is 0. The van der Waals surface area contributed by atoms with Gasteiger partial charge in [-0.25, -0.2) is 0 Å². The predicted octanol–water partition coefficient (Wildman–Crippen LogP) is -0.873. The summed E-state index contributed by atoms with van der Waals surface area (Å²) < 4.78 is 5.03. The van der Waals surface area contributed by atoms with Gasteiger partial charge >= 0.3 is 0 Å². The largest absolute Gasteiger partial charge is 0.394 e. The molecule has 0 aromatic carbocycles. The first-order valence-electron chi connectivity index (χ1n) is 5.87. The Hall–Kier alpha value is -0.240. The van der Waals surface area contributed by atoms with E-state index in [9.17, 15) is 0 Å². The second kappa shape index (κ2) is 29.7. The molecule has 0 amide bonds. The zero-order valence-corrected chi connectivity index (χ0v) is 10.7. The molecule has 6 nitrogen and oxygen atoms in total. The lowest BCUT2D eigenvalue weighted by Gasteiger charge is -1.98. The molecule has 0 fully saturated rings. The fraction of sp³-hybridized carbons (Fsp3) is 1.00. The summed E-state index contributed by atoms with van der Waals surface area (Å²) in [6, 6.07) is 0. The van der Waals surface area contributed by atoms with Crippen molar-refractivity contribution in [1.29, 1.82) is 0 Å². The van der Waals surface area contributed by atoms with Crippen LogP contribution in [0.5, 0.6) is 0 Å². The van der Waals surface area contributed by atoms with Crippen LogP contribution in [0.4, 0.5) is 0 Å². The van der Waals surface area contributed by atoms with E-state index in [1.807, 2.05) is 0 Å². The molecule has 0 aliphatic rings. The maximum Gasteiger partial charge on any atom is 0.0697 e. The van der Waals surface area contributed by atoms with Crippen LogP contribution in [-0.2, 0) is 4.74 Å². The van der Waals surface area contributed by atoms with E-state index in [2.05, 4.69) is 6.92 Å². The van der Waals surface area contributed by atoms with Crippen molar-refractivity contribution >= 4 is 0 Å².